The highest BCUT2D eigenvalue weighted by Crippen LogP contribution is 2.31. The average molecular weight is 375 g/mol. The molecule has 0 unspecified atom stereocenters. The SMILES string of the molecule is CCN(c1cccc(C)c1)S(=O)(=O)c1cc(-c2ccc(=O)[nH]n2)cs1. The van der Waals surface area contributed by atoms with E-state index in [2.05, 4.69) is 10.2 Å². The van der Waals surface area contributed by atoms with Gasteiger partial charge in [-0.05, 0) is 43.7 Å². The molecule has 0 saturated carbocycles. The lowest BCUT2D eigenvalue weighted by atomic mass is 10.2. The van der Waals surface area contributed by atoms with E-state index >= 15 is 0 Å². The van der Waals surface area contributed by atoms with Crippen molar-refractivity contribution in [2.45, 2.75) is 18.1 Å². The summed E-state index contributed by atoms with van der Waals surface area (Å²) in [7, 11) is -3.66. The average Bonchev–Trinajstić information content (AvgIpc) is 3.07. The van der Waals surface area contributed by atoms with E-state index in [0.29, 0.717) is 23.5 Å². The van der Waals surface area contributed by atoms with Gasteiger partial charge in [-0.25, -0.2) is 13.5 Å². The Bertz CT molecular complexity index is 1030. The third-order valence-electron chi connectivity index (χ3n) is 3.67. The lowest BCUT2D eigenvalue weighted by molar-refractivity contribution is 0.594. The Kier molecular flexibility index (Phi) is 4.73. The molecule has 8 heteroatoms. The van der Waals surface area contributed by atoms with Crippen LogP contribution in [0.15, 0.2) is 56.8 Å². The Morgan fingerprint density at radius 2 is 2.00 bits per heavy atom. The molecule has 0 aliphatic rings. The first kappa shape index (κ1) is 17.4. The van der Waals surface area contributed by atoms with Crippen molar-refractivity contribution in [1.82, 2.24) is 10.2 Å². The first-order chi connectivity index (χ1) is 11.9. The number of hydrogen-bond donors (Lipinski definition) is 1. The van der Waals surface area contributed by atoms with Gasteiger partial charge in [0.25, 0.3) is 15.6 Å². The van der Waals surface area contributed by atoms with E-state index in [1.54, 1.807) is 30.5 Å². The van der Waals surface area contributed by atoms with E-state index in [1.165, 1.54) is 10.4 Å². The molecule has 6 nitrogen and oxygen atoms in total. The summed E-state index contributed by atoms with van der Waals surface area (Å²) in [4.78, 5) is 11.1. The molecule has 0 spiro atoms. The molecule has 0 atom stereocenters. The lowest BCUT2D eigenvalue weighted by Gasteiger charge is -2.22. The third kappa shape index (κ3) is 3.49. The van der Waals surface area contributed by atoms with Crippen molar-refractivity contribution in [1.29, 1.82) is 0 Å². The summed E-state index contributed by atoms with van der Waals surface area (Å²) >= 11 is 1.14. The number of thiophene rings is 1. The number of hydrogen-bond acceptors (Lipinski definition) is 5. The maximum absolute atomic E-state index is 13.0. The summed E-state index contributed by atoms with van der Waals surface area (Å²) in [6.07, 6.45) is 0. The Morgan fingerprint density at radius 3 is 2.64 bits per heavy atom. The van der Waals surface area contributed by atoms with Gasteiger partial charge in [-0.15, -0.1) is 11.3 Å². The number of sulfonamides is 1. The van der Waals surface area contributed by atoms with E-state index < -0.39 is 10.0 Å². The van der Waals surface area contributed by atoms with Gasteiger partial charge in [0.05, 0.1) is 11.4 Å². The van der Waals surface area contributed by atoms with E-state index in [-0.39, 0.29) is 9.77 Å². The van der Waals surface area contributed by atoms with E-state index in [4.69, 9.17) is 0 Å². The van der Waals surface area contributed by atoms with Crippen LogP contribution in [0.5, 0.6) is 0 Å². The smallest absolute Gasteiger partial charge is 0.268 e. The van der Waals surface area contributed by atoms with Crippen molar-refractivity contribution < 1.29 is 8.42 Å². The molecule has 0 bridgehead atoms. The normalized spacial score (nSPS) is 11.4. The Labute approximate surface area is 149 Å². The number of benzene rings is 1. The van der Waals surface area contributed by atoms with Crippen molar-refractivity contribution in [3.05, 3.63) is 63.8 Å². The van der Waals surface area contributed by atoms with Gasteiger partial charge in [-0.1, -0.05) is 12.1 Å². The Morgan fingerprint density at radius 1 is 1.20 bits per heavy atom. The van der Waals surface area contributed by atoms with Gasteiger partial charge in [0, 0.05) is 23.6 Å². The van der Waals surface area contributed by atoms with Crippen LogP contribution >= 0.6 is 11.3 Å². The van der Waals surface area contributed by atoms with Gasteiger partial charge >= 0.3 is 0 Å². The number of rotatable bonds is 5. The van der Waals surface area contributed by atoms with Crippen molar-refractivity contribution >= 4 is 27.0 Å². The van der Waals surface area contributed by atoms with Gasteiger partial charge in [0.1, 0.15) is 4.21 Å². The fourth-order valence-electron chi connectivity index (χ4n) is 2.47. The summed E-state index contributed by atoms with van der Waals surface area (Å²) in [5.74, 6) is 0. The molecule has 0 saturated heterocycles. The molecule has 2 aromatic heterocycles. The lowest BCUT2D eigenvalue weighted by Crippen LogP contribution is -2.30. The standard InChI is InChI=1S/C17H17N3O3S2/c1-3-20(14-6-4-5-12(2)9-14)25(22,23)17-10-13(11-24-17)15-7-8-16(21)19-18-15/h4-11H,3H2,1-2H3,(H,19,21). The van der Waals surface area contributed by atoms with Crippen LogP contribution in [0.1, 0.15) is 12.5 Å². The number of H-pyrrole nitrogens is 1. The molecule has 3 rings (SSSR count). The molecule has 1 N–H and O–H groups in total. The Balaban J connectivity index is 1.99. The number of aryl methyl sites for hydroxylation is 1. The predicted molar refractivity (Wildman–Crippen MR) is 99.6 cm³/mol. The van der Waals surface area contributed by atoms with Gasteiger partial charge in [-0.3, -0.25) is 9.10 Å². The van der Waals surface area contributed by atoms with Crippen LogP contribution < -0.4 is 9.86 Å². The maximum atomic E-state index is 13.0. The van der Waals surface area contributed by atoms with Gasteiger partial charge in [-0.2, -0.15) is 5.10 Å². The fourth-order valence-corrected chi connectivity index (χ4v) is 5.23. The van der Waals surface area contributed by atoms with E-state index in [0.717, 1.165) is 16.9 Å². The molecule has 3 aromatic rings. The van der Waals surface area contributed by atoms with Crippen LogP contribution in [0.4, 0.5) is 5.69 Å². The second kappa shape index (κ2) is 6.81. The minimum atomic E-state index is -3.66. The zero-order valence-corrected chi connectivity index (χ0v) is 15.4. The molecule has 130 valence electrons. The maximum Gasteiger partial charge on any atom is 0.273 e. The summed E-state index contributed by atoms with van der Waals surface area (Å²) in [5, 5.41) is 8.01. The monoisotopic (exact) mass is 375 g/mol. The van der Waals surface area contributed by atoms with Crippen LogP contribution in [0, 0.1) is 6.92 Å². The second-order valence-electron chi connectivity index (χ2n) is 5.47. The summed E-state index contributed by atoms with van der Waals surface area (Å²) in [6.45, 7) is 4.06. The molecular formula is C17H17N3O3S2. The van der Waals surface area contributed by atoms with Crippen molar-refractivity contribution in [2.75, 3.05) is 10.8 Å². The van der Waals surface area contributed by atoms with Crippen molar-refractivity contribution in [3.63, 3.8) is 0 Å². The molecule has 0 fully saturated rings. The summed E-state index contributed by atoms with van der Waals surface area (Å²) < 4.78 is 27.7. The van der Waals surface area contributed by atoms with Crippen molar-refractivity contribution in [2.24, 2.45) is 0 Å². The number of aromatic nitrogens is 2. The van der Waals surface area contributed by atoms with Gasteiger partial charge in [0.2, 0.25) is 0 Å². The zero-order valence-electron chi connectivity index (χ0n) is 13.8. The molecule has 2 heterocycles. The highest BCUT2D eigenvalue weighted by Gasteiger charge is 2.25. The largest absolute Gasteiger partial charge is 0.273 e. The molecule has 0 aliphatic heterocycles. The number of nitrogens with zero attached hydrogens (tertiary/aromatic N) is 2. The predicted octanol–water partition coefficient (Wildman–Crippen LogP) is 3.02. The number of nitrogens with one attached hydrogen (secondary N) is 1. The summed E-state index contributed by atoms with van der Waals surface area (Å²) in [5.41, 5.74) is 2.51. The molecule has 1 aromatic carbocycles. The molecular weight excluding hydrogens is 358 g/mol. The highest BCUT2D eigenvalue weighted by molar-refractivity contribution is 7.94. The van der Waals surface area contributed by atoms with Crippen LogP contribution in [-0.4, -0.2) is 25.2 Å². The van der Waals surface area contributed by atoms with Crippen LogP contribution in [0.2, 0.25) is 0 Å². The van der Waals surface area contributed by atoms with E-state index in [1.807, 2.05) is 25.1 Å². The number of aromatic amines is 1. The first-order valence-corrected chi connectivity index (χ1v) is 9.98. The van der Waals surface area contributed by atoms with Crippen LogP contribution in [0.3, 0.4) is 0 Å². The summed E-state index contributed by atoms with van der Waals surface area (Å²) in [6, 6.07) is 11.9. The minimum Gasteiger partial charge on any atom is -0.268 e. The molecule has 25 heavy (non-hydrogen) atoms. The quantitative estimate of drug-likeness (QED) is 0.743. The topological polar surface area (TPSA) is 83.1 Å². The minimum absolute atomic E-state index is 0.235. The van der Waals surface area contributed by atoms with Gasteiger partial charge in [0.15, 0.2) is 0 Å². The Hall–Kier alpha value is -2.45. The van der Waals surface area contributed by atoms with Crippen LogP contribution in [-0.2, 0) is 10.0 Å². The zero-order chi connectivity index (χ0) is 18.0. The molecule has 0 radical (unpaired) electrons. The van der Waals surface area contributed by atoms with Crippen molar-refractivity contribution in [3.8, 4) is 11.3 Å². The fraction of sp³-hybridized carbons (Fsp3) is 0.176. The first-order valence-electron chi connectivity index (χ1n) is 7.66. The second-order valence-corrected chi connectivity index (χ2v) is 8.47. The number of anilines is 1. The van der Waals surface area contributed by atoms with Gasteiger partial charge < -0.3 is 0 Å². The molecule has 0 amide bonds. The third-order valence-corrected chi connectivity index (χ3v) is 6.99. The highest BCUT2D eigenvalue weighted by atomic mass is 32.2. The van der Waals surface area contributed by atoms with Crippen LogP contribution in [0.25, 0.3) is 11.3 Å². The molecule has 0 aliphatic carbocycles. The van der Waals surface area contributed by atoms with E-state index in [9.17, 15) is 13.2 Å².